The van der Waals surface area contributed by atoms with E-state index in [0.29, 0.717) is 12.0 Å². The molecule has 6 nitrogen and oxygen atoms in total. The van der Waals surface area contributed by atoms with Crippen molar-refractivity contribution in [3.8, 4) is 5.88 Å². The molecule has 1 aliphatic heterocycles. The first-order chi connectivity index (χ1) is 14.7. The second-order valence-corrected chi connectivity index (χ2v) is 10.1. The number of hydrogen-bond acceptors (Lipinski definition) is 7. The Hall–Kier alpha value is -1.28. The fourth-order valence-electron chi connectivity index (χ4n) is 5.49. The van der Waals surface area contributed by atoms with E-state index >= 15 is 0 Å². The molecule has 0 spiro atoms. The summed E-state index contributed by atoms with van der Waals surface area (Å²) in [6, 6.07) is 0.671. The average molecular weight is 432 g/mol. The lowest BCUT2D eigenvalue weighted by Crippen LogP contribution is -2.46. The summed E-state index contributed by atoms with van der Waals surface area (Å²) >= 11 is 1.79. The number of aryl methyl sites for hydroxylation is 1. The molecule has 1 saturated heterocycles. The van der Waals surface area contributed by atoms with Gasteiger partial charge in [0.1, 0.15) is 17.3 Å². The maximum Gasteiger partial charge on any atom is 0.225 e. The first-order valence-electron chi connectivity index (χ1n) is 11.7. The molecular weight excluding hydrogens is 398 g/mol. The van der Waals surface area contributed by atoms with Gasteiger partial charge in [0.2, 0.25) is 5.88 Å². The van der Waals surface area contributed by atoms with Crippen molar-refractivity contribution in [3.05, 3.63) is 16.8 Å². The van der Waals surface area contributed by atoms with Crippen molar-refractivity contribution < 1.29 is 14.6 Å². The molecule has 3 heterocycles. The van der Waals surface area contributed by atoms with E-state index in [1.165, 1.54) is 23.3 Å². The largest absolute Gasteiger partial charge is 0.474 e. The van der Waals surface area contributed by atoms with E-state index in [-0.39, 0.29) is 12.2 Å². The zero-order valence-electron chi connectivity index (χ0n) is 17.9. The quantitative estimate of drug-likeness (QED) is 0.748. The minimum Gasteiger partial charge on any atom is -0.474 e. The van der Waals surface area contributed by atoms with E-state index in [0.717, 1.165) is 80.9 Å². The van der Waals surface area contributed by atoms with Gasteiger partial charge in [-0.15, -0.1) is 11.3 Å². The molecule has 3 aliphatic rings. The molecule has 2 atom stereocenters. The monoisotopic (exact) mass is 431 g/mol. The Labute approximate surface area is 182 Å². The number of aliphatic hydroxyl groups excluding tert-OH is 1. The molecule has 0 aromatic carbocycles. The lowest BCUT2D eigenvalue weighted by atomic mass is 9.91. The first-order valence-corrected chi connectivity index (χ1v) is 12.5. The van der Waals surface area contributed by atoms with Gasteiger partial charge in [-0.05, 0) is 62.8 Å². The molecule has 2 aromatic heterocycles. The molecule has 0 radical (unpaired) electrons. The van der Waals surface area contributed by atoms with Crippen molar-refractivity contribution in [2.45, 2.75) is 82.5 Å². The molecule has 1 saturated carbocycles. The summed E-state index contributed by atoms with van der Waals surface area (Å²) in [4.78, 5) is 14.2. The molecule has 30 heavy (non-hydrogen) atoms. The summed E-state index contributed by atoms with van der Waals surface area (Å²) < 4.78 is 12.0. The second-order valence-electron chi connectivity index (χ2n) is 9.03. The number of fused-ring (bicyclic) bond motifs is 3. The zero-order valence-corrected chi connectivity index (χ0v) is 18.7. The number of thiophene rings is 1. The first kappa shape index (κ1) is 20.6. The van der Waals surface area contributed by atoms with Crippen LogP contribution in [0.1, 0.15) is 68.2 Å². The van der Waals surface area contributed by atoms with Gasteiger partial charge < -0.3 is 14.6 Å². The molecule has 2 aromatic rings. The lowest BCUT2D eigenvalue weighted by molar-refractivity contribution is -0.00126. The molecular formula is C23H33N3O3S. The Morgan fingerprint density at radius 2 is 2.00 bits per heavy atom. The molecule has 1 N–H and O–H groups in total. The molecule has 7 heteroatoms. The maximum absolute atomic E-state index is 10.2. The number of aromatic nitrogens is 2. The van der Waals surface area contributed by atoms with Crippen LogP contribution >= 0.6 is 11.3 Å². The third-order valence-corrected chi connectivity index (χ3v) is 8.38. The molecule has 0 unspecified atom stereocenters. The van der Waals surface area contributed by atoms with Crippen molar-refractivity contribution in [1.82, 2.24) is 14.9 Å². The molecule has 5 rings (SSSR count). The highest BCUT2D eigenvalue weighted by atomic mass is 32.1. The van der Waals surface area contributed by atoms with Gasteiger partial charge in [0.15, 0.2) is 0 Å². The van der Waals surface area contributed by atoms with Crippen LogP contribution in [0.2, 0.25) is 0 Å². The van der Waals surface area contributed by atoms with Crippen LogP contribution in [0.15, 0.2) is 6.33 Å². The Morgan fingerprint density at radius 3 is 2.77 bits per heavy atom. The van der Waals surface area contributed by atoms with E-state index in [2.05, 4.69) is 21.8 Å². The minimum atomic E-state index is -0.236. The minimum absolute atomic E-state index is 0.233. The van der Waals surface area contributed by atoms with Gasteiger partial charge in [-0.2, -0.15) is 0 Å². The Balaban J connectivity index is 1.31. The Kier molecular flexibility index (Phi) is 6.23. The maximum atomic E-state index is 10.2. The second kappa shape index (κ2) is 9.07. The van der Waals surface area contributed by atoms with Gasteiger partial charge in [0, 0.05) is 24.0 Å². The van der Waals surface area contributed by atoms with Crippen LogP contribution in [0, 0.1) is 0 Å². The van der Waals surface area contributed by atoms with Crippen LogP contribution in [-0.4, -0.2) is 64.5 Å². The summed E-state index contributed by atoms with van der Waals surface area (Å²) in [7, 11) is 0. The van der Waals surface area contributed by atoms with Crippen LogP contribution in [-0.2, 0) is 11.2 Å². The van der Waals surface area contributed by atoms with Crippen molar-refractivity contribution in [1.29, 1.82) is 0 Å². The zero-order chi connectivity index (χ0) is 20.5. The SMILES string of the molecule is CC[C@H](O)C[C@H]1CCc2sc3ncnc(O[C@H]4CC[C@H](N5CCOCC5)CC4)c3c21. The van der Waals surface area contributed by atoms with Crippen molar-refractivity contribution in [2.24, 2.45) is 0 Å². The predicted octanol–water partition coefficient (Wildman–Crippen LogP) is 3.90. The van der Waals surface area contributed by atoms with Crippen LogP contribution < -0.4 is 4.74 Å². The summed E-state index contributed by atoms with van der Waals surface area (Å²) in [5, 5.41) is 11.4. The topological polar surface area (TPSA) is 67.7 Å². The molecule has 164 valence electrons. The summed E-state index contributed by atoms with van der Waals surface area (Å²) in [6.45, 7) is 5.92. The normalized spacial score (nSPS) is 28.5. The van der Waals surface area contributed by atoms with Crippen LogP contribution in [0.3, 0.4) is 0 Å². The van der Waals surface area contributed by atoms with Crippen molar-refractivity contribution in [3.63, 3.8) is 0 Å². The standard InChI is InChI=1S/C23H33N3O3S/c1-2-17(27)13-15-3-8-19-20(15)21-22(24-14-25-23(21)30-19)29-18-6-4-16(5-7-18)26-9-11-28-12-10-26/h14-18,27H,2-13H2,1H3/t15-,16-,17+,18-/m1/s1. The highest BCUT2D eigenvalue weighted by molar-refractivity contribution is 7.19. The third-order valence-electron chi connectivity index (χ3n) is 7.21. The van der Waals surface area contributed by atoms with Crippen LogP contribution in [0.25, 0.3) is 10.2 Å². The molecule has 0 amide bonds. The Bertz CT molecular complexity index is 859. The van der Waals surface area contributed by atoms with E-state index in [4.69, 9.17) is 9.47 Å². The smallest absolute Gasteiger partial charge is 0.225 e. The lowest BCUT2D eigenvalue weighted by Gasteiger charge is -2.38. The highest BCUT2D eigenvalue weighted by Crippen LogP contribution is 2.48. The highest BCUT2D eigenvalue weighted by Gasteiger charge is 2.33. The third kappa shape index (κ3) is 4.09. The Morgan fingerprint density at radius 1 is 1.20 bits per heavy atom. The van der Waals surface area contributed by atoms with Gasteiger partial charge >= 0.3 is 0 Å². The molecule has 2 fully saturated rings. The van der Waals surface area contributed by atoms with Gasteiger partial charge in [-0.3, -0.25) is 4.90 Å². The molecule has 0 bridgehead atoms. The fourth-order valence-corrected chi connectivity index (χ4v) is 6.72. The summed E-state index contributed by atoms with van der Waals surface area (Å²) in [5.41, 5.74) is 1.36. The van der Waals surface area contributed by atoms with Crippen molar-refractivity contribution in [2.75, 3.05) is 26.3 Å². The number of nitrogens with zero attached hydrogens (tertiary/aromatic N) is 3. The van der Waals surface area contributed by atoms with Crippen molar-refractivity contribution >= 4 is 21.6 Å². The summed E-state index contributed by atoms with van der Waals surface area (Å²) in [5.74, 6) is 1.17. The molecule has 2 aliphatic carbocycles. The fraction of sp³-hybridized carbons (Fsp3) is 0.739. The van der Waals surface area contributed by atoms with E-state index in [1.807, 2.05) is 0 Å². The number of hydrogen-bond donors (Lipinski definition) is 1. The number of aliphatic hydroxyl groups is 1. The number of morpholine rings is 1. The predicted molar refractivity (Wildman–Crippen MR) is 118 cm³/mol. The van der Waals surface area contributed by atoms with Gasteiger partial charge in [0.05, 0.1) is 24.7 Å². The average Bonchev–Trinajstić information content (AvgIpc) is 3.35. The van der Waals surface area contributed by atoms with Crippen LogP contribution in [0.5, 0.6) is 5.88 Å². The van der Waals surface area contributed by atoms with E-state index in [1.54, 1.807) is 17.7 Å². The summed E-state index contributed by atoms with van der Waals surface area (Å²) in [6.07, 6.45) is 10.0. The van der Waals surface area contributed by atoms with Gasteiger partial charge in [-0.25, -0.2) is 9.97 Å². The van der Waals surface area contributed by atoms with E-state index in [9.17, 15) is 5.11 Å². The van der Waals surface area contributed by atoms with Crippen LogP contribution in [0.4, 0.5) is 0 Å². The number of rotatable bonds is 6. The van der Waals surface area contributed by atoms with Gasteiger partial charge in [-0.1, -0.05) is 6.92 Å². The van der Waals surface area contributed by atoms with E-state index < -0.39 is 0 Å². The van der Waals surface area contributed by atoms with Gasteiger partial charge in [0.25, 0.3) is 0 Å². The number of ether oxygens (including phenoxy) is 2.